The van der Waals surface area contributed by atoms with Crippen LogP contribution in [0.4, 0.5) is 14.5 Å². The first kappa shape index (κ1) is 29.0. The van der Waals surface area contributed by atoms with Crippen LogP contribution in [0, 0.1) is 11.6 Å². The number of carbonyl (C=O) groups excluding carboxylic acids is 2. The molecule has 1 saturated heterocycles. The van der Waals surface area contributed by atoms with E-state index in [1.807, 2.05) is 9.80 Å². The van der Waals surface area contributed by atoms with Crippen molar-refractivity contribution in [2.24, 2.45) is 5.73 Å². The minimum absolute atomic E-state index is 0.0557. The third-order valence-electron chi connectivity index (χ3n) is 6.98. The van der Waals surface area contributed by atoms with Crippen LogP contribution >= 0.6 is 23.2 Å². The van der Waals surface area contributed by atoms with Crippen molar-refractivity contribution >= 4 is 40.7 Å². The van der Waals surface area contributed by atoms with Gasteiger partial charge in [-0.15, -0.1) is 0 Å². The molecule has 0 spiro atoms. The monoisotopic (exact) mass is 574 g/mol. The minimum atomic E-state index is -0.550. The molecule has 1 heterocycles. The van der Waals surface area contributed by atoms with E-state index in [0.29, 0.717) is 48.3 Å². The lowest BCUT2D eigenvalue weighted by molar-refractivity contribution is -0.127. The van der Waals surface area contributed by atoms with Crippen LogP contribution in [0.25, 0.3) is 0 Å². The van der Waals surface area contributed by atoms with E-state index in [1.54, 1.807) is 42.5 Å². The van der Waals surface area contributed by atoms with Gasteiger partial charge in [0.05, 0.1) is 22.3 Å². The van der Waals surface area contributed by atoms with E-state index in [0.717, 1.165) is 17.5 Å². The summed E-state index contributed by atoms with van der Waals surface area (Å²) in [4.78, 5) is 28.9. The Hall–Kier alpha value is -3.04. The third-order valence-corrected chi connectivity index (χ3v) is 7.61. The zero-order chi connectivity index (χ0) is 27.9. The van der Waals surface area contributed by atoms with E-state index >= 15 is 0 Å². The SMILES string of the molecule is NC(=O)[C@H]1CN(CC(=O)Nc2c(Cl)cccc2Cl)CCN1CCCC(c1ccc(F)cc1)c1ccc(F)cc1. The Morgan fingerprint density at radius 2 is 1.49 bits per heavy atom. The number of piperazine rings is 1. The minimum Gasteiger partial charge on any atom is -0.368 e. The fourth-order valence-corrected chi connectivity index (χ4v) is 5.46. The Morgan fingerprint density at radius 3 is 2.03 bits per heavy atom. The number of halogens is 4. The van der Waals surface area contributed by atoms with E-state index in [1.165, 1.54) is 24.3 Å². The molecule has 0 unspecified atom stereocenters. The lowest BCUT2D eigenvalue weighted by Crippen LogP contribution is -2.59. The average molecular weight is 575 g/mol. The second kappa shape index (κ2) is 13.3. The van der Waals surface area contributed by atoms with E-state index in [4.69, 9.17) is 28.9 Å². The zero-order valence-electron chi connectivity index (χ0n) is 21.3. The summed E-state index contributed by atoms with van der Waals surface area (Å²) in [5.74, 6) is -1.43. The highest BCUT2D eigenvalue weighted by atomic mass is 35.5. The van der Waals surface area contributed by atoms with Crippen molar-refractivity contribution in [1.82, 2.24) is 9.80 Å². The van der Waals surface area contributed by atoms with Crippen molar-refractivity contribution in [1.29, 1.82) is 0 Å². The molecule has 3 aromatic rings. The molecule has 3 aromatic carbocycles. The topological polar surface area (TPSA) is 78.7 Å². The summed E-state index contributed by atoms with van der Waals surface area (Å²) < 4.78 is 27.1. The van der Waals surface area contributed by atoms with Gasteiger partial charge in [0.25, 0.3) is 0 Å². The van der Waals surface area contributed by atoms with E-state index in [-0.39, 0.29) is 30.0 Å². The predicted octanol–water partition coefficient (Wildman–Crippen LogP) is 5.29. The molecule has 206 valence electrons. The lowest BCUT2D eigenvalue weighted by Gasteiger charge is -2.39. The van der Waals surface area contributed by atoms with Gasteiger partial charge in [-0.3, -0.25) is 19.4 Å². The largest absolute Gasteiger partial charge is 0.368 e. The molecule has 0 aliphatic carbocycles. The Bertz CT molecular complexity index is 1230. The number of para-hydroxylation sites is 1. The van der Waals surface area contributed by atoms with Gasteiger partial charge in [-0.25, -0.2) is 8.78 Å². The van der Waals surface area contributed by atoms with Crippen LogP contribution in [0.1, 0.15) is 29.9 Å². The molecule has 0 radical (unpaired) electrons. The highest BCUT2D eigenvalue weighted by Gasteiger charge is 2.31. The zero-order valence-corrected chi connectivity index (χ0v) is 22.8. The molecule has 3 N–H and O–H groups in total. The lowest BCUT2D eigenvalue weighted by atomic mass is 9.87. The summed E-state index contributed by atoms with van der Waals surface area (Å²) in [7, 11) is 0. The molecule has 1 aliphatic rings. The summed E-state index contributed by atoms with van der Waals surface area (Å²) in [6.45, 7) is 2.13. The van der Waals surface area contributed by atoms with Crippen LogP contribution in [0.5, 0.6) is 0 Å². The third kappa shape index (κ3) is 7.76. The Balaban J connectivity index is 1.36. The van der Waals surface area contributed by atoms with Gasteiger partial charge < -0.3 is 11.1 Å². The molecule has 1 atom stereocenters. The van der Waals surface area contributed by atoms with Crippen LogP contribution in [0.15, 0.2) is 66.7 Å². The molecule has 0 bridgehead atoms. The fraction of sp³-hybridized carbons (Fsp3) is 0.310. The van der Waals surface area contributed by atoms with Gasteiger partial charge in [-0.1, -0.05) is 53.5 Å². The number of nitrogens with two attached hydrogens (primary N) is 1. The summed E-state index contributed by atoms with van der Waals surface area (Å²) >= 11 is 12.3. The molecule has 0 saturated carbocycles. The van der Waals surface area contributed by atoms with E-state index in [2.05, 4.69) is 5.32 Å². The molecule has 10 heteroatoms. The van der Waals surface area contributed by atoms with Crippen LogP contribution in [0.2, 0.25) is 10.0 Å². The van der Waals surface area contributed by atoms with Gasteiger partial charge in [0.15, 0.2) is 0 Å². The van der Waals surface area contributed by atoms with Crippen LogP contribution in [-0.4, -0.2) is 60.4 Å². The van der Waals surface area contributed by atoms with Crippen LogP contribution in [0.3, 0.4) is 0 Å². The summed E-state index contributed by atoms with van der Waals surface area (Å²) in [5.41, 5.74) is 7.96. The Morgan fingerprint density at radius 1 is 0.923 bits per heavy atom. The van der Waals surface area contributed by atoms with E-state index in [9.17, 15) is 18.4 Å². The fourth-order valence-electron chi connectivity index (χ4n) is 4.97. The summed E-state index contributed by atoms with van der Waals surface area (Å²) in [5, 5.41) is 3.43. The summed E-state index contributed by atoms with van der Waals surface area (Å²) in [6, 6.07) is 17.1. The van der Waals surface area contributed by atoms with Gasteiger partial charge >= 0.3 is 0 Å². The first-order valence-electron chi connectivity index (χ1n) is 12.7. The highest BCUT2D eigenvalue weighted by Crippen LogP contribution is 2.31. The quantitative estimate of drug-likeness (QED) is 0.344. The molecule has 0 aromatic heterocycles. The maximum atomic E-state index is 13.5. The molecular formula is C29H30Cl2F2N4O2. The second-order valence-electron chi connectivity index (χ2n) is 9.63. The van der Waals surface area contributed by atoms with Gasteiger partial charge in [-0.05, 0) is 66.9 Å². The van der Waals surface area contributed by atoms with Crippen molar-refractivity contribution < 1.29 is 18.4 Å². The number of hydrogen-bond acceptors (Lipinski definition) is 4. The van der Waals surface area contributed by atoms with Crippen LogP contribution in [-0.2, 0) is 9.59 Å². The van der Waals surface area contributed by atoms with Crippen molar-refractivity contribution in [3.05, 3.63) is 99.5 Å². The first-order valence-corrected chi connectivity index (χ1v) is 13.5. The maximum absolute atomic E-state index is 13.5. The number of amides is 2. The molecule has 4 rings (SSSR count). The molecule has 6 nitrogen and oxygen atoms in total. The number of anilines is 1. The van der Waals surface area contributed by atoms with Crippen molar-refractivity contribution in [2.45, 2.75) is 24.8 Å². The van der Waals surface area contributed by atoms with Gasteiger partial charge in [0, 0.05) is 25.6 Å². The molecule has 2 amide bonds. The van der Waals surface area contributed by atoms with Crippen molar-refractivity contribution in [3.8, 4) is 0 Å². The summed E-state index contributed by atoms with van der Waals surface area (Å²) in [6.07, 6.45) is 1.44. The number of benzene rings is 3. The Labute approximate surface area is 236 Å². The number of rotatable bonds is 10. The molecule has 1 fully saturated rings. The Kier molecular flexibility index (Phi) is 9.91. The predicted molar refractivity (Wildman–Crippen MR) is 150 cm³/mol. The van der Waals surface area contributed by atoms with Crippen molar-refractivity contribution in [2.75, 3.05) is 38.0 Å². The van der Waals surface area contributed by atoms with E-state index < -0.39 is 11.9 Å². The highest BCUT2D eigenvalue weighted by molar-refractivity contribution is 6.39. The number of nitrogens with zero attached hydrogens (tertiary/aromatic N) is 2. The maximum Gasteiger partial charge on any atom is 0.238 e. The first-order chi connectivity index (χ1) is 18.7. The van der Waals surface area contributed by atoms with Gasteiger partial charge in [0.2, 0.25) is 11.8 Å². The van der Waals surface area contributed by atoms with Crippen LogP contribution < -0.4 is 11.1 Å². The number of nitrogens with one attached hydrogen (secondary N) is 1. The molecule has 1 aliphatic heterocycles. The number of carbonyl (C=O) groups is 2. The van der Waals surface area contributed by atoms with Gasteiger partial charge in [-0.2, -0.15) is 0 Å². The van der Waals surface area contributed by atoms with Crippen molar-refractivity contribution in [3.63, 3.8) is 0 Å². The standard InChI is InChI=1S/C29H30Cl2F2N4O2/c30-24-4-1-5-25(31)28(24)35-27(38)18-36-15-16-37(26(17-36)29(34)39)14-2-3-23(19-6-10-21(32)11-7-19)20-8-12-22(33)13-9-20/h1,4-13,23,26H,2-3,14-18H2,(H2,34,39)(H,35,38)/t26-/m1/s1. The number of hydrogen-bond donors (Lipinski definition) is 2. The normalized spacial score (nSPS) is 16.4. The van der Waals surface area contributed by atoms with Gasteiger partial charge in [0.1, 0.15) is 17.7 Å². The molecule has 39 heavy (non-hydrogen) atoms. The molecular weight excluding hydrogens is 545 g/mol. The number of primary amides is 1. The second-order valence-corrected chi connectivity index (χ2v) is 10.4. The average Bonchev–Trinajstić information content (AvgIpc) is 2.91. The smallest absolute Gasteiger partial charge is 0.238 e.